The lowest BCUT2D eigenvalue weighted by atomic mass is 10.2. The van der Waals surface area contributed by atoms with Crippen LogP contribution in [0, 0.1) is 0 Å². The topological polar surface area (TPSA) is 91.3 Å². The van der Waals surface area contributed by atoms with Crippen molar-refractivity contribution in [2.24, 2.45) is 0 Å². The average molecular weight is 247 g/mol. The third-order valence-corrected chi connectivity index (χ3v) is 2.50. The molecule has 6 nitrogen and oxygen atoms in total. The van der Waals surface area contributed by atoms with E-state index in [9.17, 15) is 9.59 Å². The van der Waals surface area contributed by atoms with E-state index in [1.807, 2.05) is 12.1 Å². The zero-order chi connectivity index (χ0) is 13.0. The van der Waals surface area contributed by atoms with Gasteiger partial charge in [-0.05, 0) is 12.1 Å². The van der Waals surface area contributed by atoms with Gasteiger partial charge in [0.15, 0.2) is 0 Å². The van der Waals surface area contributed by atoms with Gasteiger partial charge in [0, 0.05) is 12.7 Å². The summed E-state index contributed by atoms with van der Waals surface area (Å²) in [5, 5.41) is 14.3. The summed E-state index contributed by atoms with van der Waals surface area (Å²) in [6.07, 6.45) is 1.66. The summed E-state index contributed by atoms with van der Waals surface area (Å²) < 4.78 is 0. The van der Waals surface area contributed by atoms with E-state index in [2.05, 4.69) is 15.6 Å². The van der Waals surface area contributed by atoms with Crippen LogP contribution in [0.3, 0.4) is 0 Å². The third kappa shape index (κ3) is 2.38. The maximum Gasteiger partial charge on any atom is 0.253 e. The van der Waals surface area contributed by atoms with Gasteiger partial charge in [0.2, 0.25) is 0 Å². The van der Waals surface area contributed by atoms with Crippen LogP contribution in [0.25, 0.3) is 0 Å². The summed E-state index contributed by atoms with van der Waals surface area (Å²) in [5.41, 5.74) is 0.195. The van der Waals surface area contributed by atoms with Crippen molar-refractivity contribution in [2.45, 2.75) is 6.54 Å². The number of hydrogen-bond donors (Lipinski definition) is 3. The standard InChI is InChI=1S/C12H13N3O3/c16-6-5-14-9-10(12(18)11(9)17)15-7-8-3-1-2-4-13-8/h1-4,14-16H,5-7H2. The van der Waals surface area contributed by atoms with Gasteiger partial charge in [0.1, 0.15) is 11.4 Å². The number of nitrogens with zero attached hydrogens (tertiary/aromatic N) is 1. The Bertz CT molecular complexity index is 588. The molecule has 0 fully saturated rings. The Labute approximate surface area is 103 Å². The van der Waals surface area contributed by atoms with E-state index >= 15 is 0 Å². The molecule has 0 aliphatic heterocycles. The quantitative estimate of drug-likeness (QED) is 0.607. The van der Waals surface area contributed by atoms with Gasteiger partial charge < -0.3 is 15.7 Å². The first-order chi connectivity index (χ1) is 8.74. The van der Waals surface area contributed by atoms with E-state index in [0.717, 1.165) is 5.69 Å². The molecule has 0 unspecified atom stereocenters. The molecular weight excluding hydrogens is 234 g/mol. The molecule has 2 rings (SSSR count). The van der Waals surface area contributed by atoms with Crippen LogP contribution in [0.1, 0.15) is 5.69 Å². The number of rotatable bonds is 6. The lowest BCUT2D eigenvalue weighted by molar-refractivity contribution is 0.311. The van der Waals surface area contributed by atoms with Gasteiger partial charge in [-0.2, -0.15) is 0 Å². The molecular formula is C12H13N3O3. The number of hydrogen-bond acceptors (Lipinski definition) is 6. The molecule has 0 aliphatic carbocycles. The SMILES string of the molecule is O=c1c(NCCO)c(NCc2ccccn2)c1=O. The molecule has 6 heteroatoms. The van der Waals surface area contributed by atoms with Crippen molar-refractivity contribution in [3.8, 4) is 0 Å². The lowest BCUT2D eigenvalue weighted by Crippen LogP contribution is -2.37. The Balaban J connectivity index is 2.04. The van der Waals surface area contributed by atoms with Gasteiger partial charge in [0.05, 0.1) is 18.8 Å². The van der Waals surface area contributed by atoms with Crippen molar-refractivity contribution in [3.63, 3.8) is 0 Å². The van der Waals surface area contributed by atoms with Crippen molar-refractivity contribution in [3.05, 3.63) is 50.5 Å². The summed E-state index contributed by atoms with van der Waals surface area (Å²) in [7, 11) is 0. The van der Waals surface area contributed by atoms with Gasteiger partial charge in [-0.25, -0.2) is 0 Å². The van der Waals surface area contributed by atoms with Crippen LogP contribution < -0.4 is 21.5 Å². The van der Waals surface area contributed by atoms with E-state index in [1.54, 1.807) is 12.3 Å². The first-order valence-corrected chi connectivity index (χ1v) is 5.56. The summed E-state index contributed by atoms with van der Waals surface area (Å²) in [4.78, 5) is 26.7. The average Bonchev–Trinajstić information content (AvgIpc) is 2.42. The number of aliphatic hydroxyl groups is 1. The molecule has 0 spiro atoms. The number of aliphatic hydroxyl groups excluding tert-OH is 1. The van der Waals surface area contributed by atoms with Gasteiger partial charge in [-0.3, -0.25) is 14.6 Å². The van der Waals surface area contributed by atoms with E-state index in [4.69, 9.17) is 5.11 Å². The molecule has 1 heterocycles. The molecule has 94 valence electrons. The fourth-order valence-electron chi connectivity index (χ4n) is 1.59. The summed E-state index contributed by atoms with van der Waals surface area (Å²) in [6, 6.07) is 5.46. The molecule has 0 saturated heterocycles. The molecule has 0 aliphatic rings. The predicted molar refractivity (Wildman–Crippen MR) is 68.5 cm³/mol. The van der Waals surface area contributed by atoms with Crippen molar-refractivity contribution in [2.75, 3.05) is 23.8 Å². The molecule has 3 N–H and O–H groups in total. The van der Waals surface area contributed by atoms with Crippen LogP contribution in [0.15, 0.2) is 34.0 Å². The monoisotopic (exact) mass is 247 g/mol. The van der Waals surface area contributed by atoms with Crippen molar-refractivity contribution in [1.82, 2.24) is 4.98 Å². The Morgan fingerprint density at radius 1 is 1.11 bits per heavy atom. The van der Waals surface area contributed by atoms with Crippen molar-refractivity contribution in [1.29, 1.82) is 0 Å². The zero-order valence-electron chi connectivity index (χ0n) is 9.64. The summed E-state index contributed by atoms with van der Waals surface area (Å²) in [5.74, 6) is 0. The van der Waals surface area contributed by atoms with E-state index < -0.39 is 10.9 Å². The third-order valence-electron chi connectivity index (χ3n) is 2.50. The van der Waals surface area contributed by atoms with Gasteiger partial charge >= 0.3 is 0 Å². The molecule has 0 atom stereocenters. The van der Waals surface area contributed by atoms with E-state index in [1.165, 1.54) is 0 Å². The predicted octanol–water partition coefficient (Wildman–Crippen LogP) is -0.306. The van der Waals surface area contributed by atoms with Crippen LogP contribution in [-0.4, -0.2) is 23.2 Å². The number of aromatic nitrogens is 1. The molecule has 0 saturated carbocycles. The van der Waals surface area contributed by atoms with Gasteiger partial charge in [0.25, 0.3) is 10.9 Å². The second-order valence-electron chi connectivity index (χ2n) is 3.73. The Kier molecular flexibility index (Phi) is 3.69. The lowest BCUT2D eigenvalue weighted by Gasteiger charge is -2.13. The van der Waals surface area contributed by atoms with Crippen molar-refractivity contribution < 1.29 is 5.11 Å². The Morgan fingerprint density at radius 3 is 2.44 bits per heavy atom. The molecule has 0 radical (unpaired) electrons. The Morgan fingerprint density at radius 2 is 1.83 bits per heavy atom. The maximum atomic E-state index is 11.4. The first-order valence-electron chi connectivity index (χ1n) is 5.56. The minimum atomic E-state index is -0.549. The number of anilines is 2. The van der Waals surface area contributed by atoms with E-state index in [-0.39, 0.29) is 24.5 Å². The normalized spacial score (nSPS) is 10.5. The minimum absolute atomic E-state index is 0.0987. The largest absolute Gasteiger partial charge is 0.395 e. The fraction of sp³-hybridized carbons (Fsp3) is 0.250. The number of pyridine rings is 1. The zero-order valence-corrected chi connectivity index (χ0v) is 9.64. The molecule has 1 aromatic carbocycles. The fourth-order valence-corrected chi connectivity index (χ4v) is 1.59. The molecule has 2 aromatic rings. The molecule has 0 amide bonds. The van der Waals surface area contributed by atoms with Crippen LogP contribution in [0.2, 0.25) is 0 Å². The van der Waals surface area contributed by atoms with Gasteiger partial charge in [-0.15, -0.1) is 0 Å². The molecule has 18 heavy (non-hydrogen) atoms. The highest BCUT2D eigenvalue weighted by atomic mass is 16.3. The smallest absolute Gasteiger partial charge is 0.253 e. The van der Waals surface area contributed by atoms with Crippen LogP contribution in [0.5, 0.6) is 0 Å². The molecule has 0 bridgehead atoms. The molecule has 1 aromatic heterocycles. The first kappa shape index (κ1) is 12.3. The number of nitrogens with one attached hydrogen (secondary N) is 2. The maximum absolute atomic E-state index is 11.4. The van der Waals surface area contributed by atoms with Crippen molar-refractivity contribution >= 4 is 11.4 Å². The second-order valence-corrected chi connectivity index (χ2v) is 3.73. The summed E-state index contributed by atoms with van der Waals surface area (Å²) >= 11 is 0. The van der Waals surface area contributed by atoms with Gasteiger partial charge in [-0.1, -0.05) is 6.07 Å². The highest BCUT2D eigenvalue weighted by Gasteiger charge is 2.19. The minimum Gasteiger partial charge on any atom is -0.395 e. The highest BCUT2D eigenvalue weighted by Crippen LogP contribution is 2.14. The van der Waals surface area contributed by atoms with Crippen LogP contribution in [-0.2, 0) is 6.54 Å². The summed E-state index contributed by atoms with van der Waals surface area (Å²) in [6.45, 7) is 0.515. The van der Waals surface area contributed by atoms with Crippen LogP contribution >= 0.6 is 0 Å². The van der Waals surface area contributed by atoms with E-state index in [0.29, 0.717) is 6.54 Å². The highest BCUT2D eigenvalue weighted by molar-refractivity contribution is 5.73. The second kappa shape index (κ2) is 5.42. The van der Waals surface area contributed by atoms with Crippen LogP contribution in [0.4, 0.5) is 11.4 Å². The Hall–Kier alpha value is -2.21.